The van der Waals surface area contributed by atoms with Crippen LogP contribution in [0.15, 0.2) is 55.0 Å². The van der Waals surface area contributed by atoms with Gasteiger partial charge in [-0.05, 0) is 74.9 Å². The quantitative estimate of drug-likeness (QED) is 0.140. The van der Waals surface area contributed by atoms with Crippen molar-refractivity contribution in [2.24, 2.45) is 5.92 Å². The summed E-state index contributed by atoms with van der Waals surface area (Å²) in [7, 11) is 2.00. The largest absolute Gasteiger partial charge is 0.352 e. The standard InChI is InChI=1S/C29H34BFN6O2/c1-19-14-21(30)9-10-24(19)35-27-23(29(38)36-39-17-20-7-8-20)15-25-28(26(27)31)34-18-37(25)13-5-4-11-32-16-22-6-2-3-12-33-22/h2-3,6,9-10,12,14-15,18,20,32,35H,4-5,7-8,11,13,16-17,30H2,1H3,(H,36,38). The smallest absolute Gasteiger partial charge is 0.277 e. The molecule has 0 atom stereocenters. The molecule has 10 heteroatoms. The fourth-order valence-electron chi connectivity index (χ4n) is 4.54. The van der Waals surface area contributed by atoms with Crippen LogP contribution in [0.5, 0.6) is 0 Å². The number of fused-ring (bicyclic) bond motifs is 1. The lowest BCUT2D eigenvalue weighted by atomic mass is 9.94. The number of carbonyl (C=O) groups excluding carboxylic acids is 1. The van der Waals surface area contributed by atoms with E-state index in [1.165, 1.54) is 0 Å². The number of carbonyl (C=O) groups is 1. The summed E-state index contributed by atoms with van der Waals surface area (Å²) >= 11 is 0. The number of hydrogen-bond acceptors (Lipinski definition) is 6. The van der Waals surface area contributed by atoms with Crippen LogP contribution in [0.1, 0.15) is 47.3 Å². The van der Waals surface area contributed by atoms with Crippen molar-refractivity contribution in [3.63, 3.8) is 0 Å². The van der Waals surface area contributed by atoms with E-state index in [4.69, 9.17) is 4.84 Å². The third-order valence-electron chi connectivity index (χ3n) is 6.96. The number of hydrogen-bond donors (Lipinski definition) is 3. The van der Waals surface area contributed by atoms with Gasteiger partial charge in [0.1, 0.15) is 13.4 Å². The van der Waals surface area contributed by atoms with Crippen LogP contribution in [0.25, 0.3) is 11.0 Å². The molecule has 4 aromatic rings. The van der Waals surface area contributed by atoms with Gasteiger partial charge in [0, 0.05) is 25.0 Å². The van der Waals surface area contributed by atoms with E-state index in [9.17, 15) is 4.79 Å². The molecule has 0 saturated heterocycles. The molecule has 3 N–H and O–H groups in total. The number of amides is 1. The fourth-order valence-corrected chi connectivity index (χ4v) is 4.54. The molecule has 202 valence electrons. The van der Waals surface area contributed by atoms with Crippen molar-refractivity contribution in [2.45, 2.75) is 45.7 Å². The van der Waals surface area contributed by atoms with Gasteiger partial charge in [0.05, 0.1) is 35.4 Å². The SMILES string of the molecule is Bc1ccc(Nc2c(C(=O)NOCC3CC3)cc3c(ncn3CCCCNCc3ccccn3)c2F)c(C)c1. The summed E-state index contributed by atoms with van der Waals surface area (Å²) in [5.41, 5.74) is 7.37. The molecule has 1 aliphatic rings. The van der Waals surface area contributed by atoms with Crippen LogP contribution in [0.4, 0.5) is 15.8 Å². The van der Waals surface area contributed by atoms with E-state index in [1.54, 1.807) is 18.6 Å². The summed E-state index contributed by atoms with van der Waals surface area (Å²) in [4.78, 5) is 27.3. The number of hydroxylamine groups is 1. The monoisotopic (exact) mass is 528 g/mol. The van der Waals surface area contributed by atoms with Gasteiger partial charge in [-0.15, -0.1) is 0 Å². The van der Waals surface area contributed by atoms with Gasteiger partial charge >= 0.3 is 0 Å². The normalized spacial score (nSPS) is 13.1. The van der Waals surface area contributed by atoms with E-state index in [0.29, 0.717) is 24.6 Å². The van der Waals surface area contributed by atoms with E-state index in [0.717, 1.165) is 61.2 Å². The molecule has 1 amide bonds. The summed E-state index contributed by atoms with van der Waals surface area (Å²) in [5, 5.41) is 6.56. The lowest BCUT2D eigenvalue weighted by Gasteiger charge is -2.16. The number of halogens is 1. The molecule has 2 aromatic carbocycles. The van der Waals surface area contributed by atoms with E-state index >= 15 is 4.39 Å². The van der Waals surface area contributed by atoms with E-state index in [1.807, 2.05) is 55.7 Å². The predicted octanol–water partition coefficient (Wildman–Crippen LogP) is 3.52. The first kappa shape index (κ1) is 26.8. The molecule has 0 unspecified atom stereocenters. The van der Waals surface area contributed by atoms with Gasteiger partial charge in [-0.3, -0.25) is 14.6 Å². The van der Waals surface area contributed by atoms with Crippen LogP contribution in [-0.4, -0.2) is 41.4 Å². The van der Waals surface area contributed by atoms with Gasteiger partial charge in [0.15, 0.2) is 5.82 Å². The summed E-state index contributed by atoms with van der Waals surface area (Å²) in [5.74, 6) is -0.567. The Labute approximate surface area is 228 Å². The molecule has 1 aliphatic carbocycles. The number of aromatic nitrogens is 3. The number of nitrogens with one attached hydrogen (secondary N) is 3. The minimum absolute atomic E-state index is 0.0888. The molecule has 5 rings (SSSR count). The van der Waals surface area contributed by atoms with Crippen molar-refractivity contribution in [1.29, 1.82) is 0 Å². The van der Waals surface area contributed by atoms with Crippen LogP contribution in [0.2, 0.25) is 0 Å². The summed E-state index contributed by atoms with van der Waals surface area (Å²) < 4.78 is 17.8. The van der Waals surface area contributed by atoms with E-state index in [2.05, 4.69) is 26.1 Å². The molecule has 0 spiro atoms. The van der Waals surface area contributed by atoms with Crippen LogP contribution in [0.3, 0.4) is 0 Å². The number of aryl methyl sites for hydroxylation is 2. The highest BCUT2D eigenvalue weighted by Gasteiger charge is 2.25. The molecule has 8 nitrogen and oxygen atoms in total. The molecule has 0 bridgehead atoms. The van der Waals surface area contributed by atoms with Crippen LogP contribution >= 0.6 is 0 Å². The fraction of sp³-hybridized carbons (Fsp3) is 0.345. The van der Waals surface area contributed by atoms with Gasteiger partial charge in [0.25, 0.3) is 5.91 Å². The van der Waals surface area contributed by atoms with Crippen LogP contribution in [0, 0.1) is 18.7 Å². The second-order valence-corrected chi connectivity index (χ2v) is 10.3. The first-order valence-electron chi connectivity index (χ1n) is 13.5. The topological polar surface area (TPSA) is 93.1 Å². The molecule has 0 radical (unpaired) electrons. The Bertz CT molecular complexity index is 1440. The Hall–Kier alpha value is -3.76. The minimum atomic E-state index is -0.560. The number of unbranched alkanes of at least 4 members (excludes halogenated alkanes) is 1. The highest BCUT2D eigenvalue weighted by atomic mass is 19.1. The number of pyridine rings is 1. The average molecular weight is 528 g/mol. The maximum atomic E-state index is 15.9. The Morgan fingerprint density at radius 3 is 2.82 bits per heavy atom. The molecule has 2 heterocycles. The first-order chi connectivity index (χ1) is 19.0. The summed E-state index contributed by atoms with van der Waals surface area (Å²) in [6.45, 7) is 4.63. The lowest BCUT2D eigenvalue weighted by molar-refractivity contribution is 0.0271. The third kappa shape index (κ3) is 6.82. The molecule has 1 saturated carbocycles. The lowest BCUT2D eigenvalue weighted by Crippen LogP contribution is -2.26. The number of imidazole rings is 1. The van der Waals surface area contributed by atoms with E-state index < -0.39 is 11.7 Å². The Morgan fingerprint density at radius 1 is 1.18 bits per heavy atom. The van der Waals surface area contributed by atoms with Gasteiger partial charge in [0.2, 0.25) is 0 Å². The van der Waals surface area contributed by atoms with Crippen molar-refractivity contribution in [3.05, 3.63) is 77.6 Å². The first-order valence-corrected chi connectivity index (χ1v) is 13.5. The van der Waals surface area contributed by atoms with Gasteiger partial charge in [-0.2, -0.15) is 0 Å². The van der Waals surface area contributed by atoms with Gasteiger partial charge < -0.3 is 15.2 Å². The molecule has 0 aliphatic heterocycles. The summed E-state index contributed by atoms with van der Waals surface area (Å²) in [6.07, 6.45) is 7.44. The molecular formula is C29H34BFN6O2. The Kier molecular flexibility index (Phi) is 8.53. The maximum Gasteiger partial charge on any atom is 0.277 e. The maximum absolute atomic E-state index is 15.9. The number of anilines is 2. The van der Waals surface area contributed by atoms with Crippen LogP contribution < -0.4 is 21.6 Å². The number of benzene rings is 2. The van der Waals surface area contributed by atoms with Crippen molar-refractivity contribution in [3.8, 4) is 0 Å². The third-order valence-corrected chi connectivity index (χ3v) is 6.96. The Balaban J connectivity index is 1.32. The molecule has 39 heavy (non-hydrogen) atoms. The minimum Gasteiger partial charge on any atom is -0.352 e. The Morgan fingerprint density at radius 2 is 2.05 bits per heavy atom. The molecule has 2 aromatic heterocycles. The van der Waals surface area contributed by atoms with Gasteiger partial charge in [-0.25, -0.2) is 14.9 Å². The predicted molar refractivity (Wildman–Crippen MR) is 154 cm³/mol. The van der Waals surface area contributed by atoms with Crippen molar-refractivity contribution in [2.75, 3.05) is 18.5 Å². The second-order valence-electron chi connectivity index (χ2n) is 10.3. The zero-order valence-corrected chi connectivity index (χ0v) is 22.5. The van der Waals surface area contributed by atoms with Crippen molar-refractivity contribution in [1.82, 2.24) is 25.3 Å². The highest BCUT2D eigenvalue weighted by molar-refractivity contribution is 6.32. The zero-order chi connectivity index (χ0) is 27.2. The van der Waals surface area contributed by atoms with Gasteiger partial charge in [-0.1, -0.05) is 23.7 Å². The van der Waals surface area contributed by atoms with Crippen molar-refractivity contribution < 1.29 is 14.0 Å². The van der Waals surface area contributed by atoms with E-state index in [-0.39, 0.29) is 16.8 Å². The average Bonchev–Trinajstić information content (AvgIpc) is 3.67. The second kappa shape index (κ2) is 12.4. The summed E-state index contributed by atoms with van der Waals surface area (Å²) in [6, 6.07) is 13.4. The number of rotatable bonds is 13. The zero-order valence-electron chi connectivity index (χ0n) is 22.5. The van der Waals surface area contributed by atoms with Crippen molar-refractivity contribution >= 4 is 41.6 Å². The van der Waals surface area contributed by atoms with Crippen LogP contribution in [-0.2, 0) is 17.9 Å². The highest BCUT2D eigenvalue weighted by Crippen LogP contribution is 2.32. The molecular weight excluding hydrogens is 494 g/mol. The number of nitrogens with zero attached hydrogens (tertiary/aromatic N) is 3. The molecule has 1 fully saturated rings.